The summed E-state index contributed by atoms with van der Waals surface area (Å²) in [5, 5.41) is 5.99. The maximum absolute atomic E-state index is 11.9. The third-order valence-electron chi connectivity index (χ3n) is 3.03. The average molecular weight is 283 g/mol. The largest absolute Gasteiger partial charge is 0.382 e. The molecule has 0 spiro atoms. The summed E-state index contributed by atoms with van der Waals surface area (Å²) in [5.74, 6) is -0.0878. The van der Waals surface area contributed by atoms with Gasteiger partial charge in [0.2, 0.25) is 5.91 Å². The van der Waals surface area contributed by atoms with E-state index in [1.165, 1.54) is 7.05 Å². The fourth-order valence-corrected chi connectivity index (χ4v) is 2.71. The Morgan fingerprint density at radius 2 is 2.11 bits per heavy atom. The first kappa shape index (κ1) is 13.6. The second-order valence-electron chi connectivity index (χ2n) is 4.29. The fourth-order valence-electron chi connectivity index (χ4n) is 2.00. The first-order valence-electron chi connectivity index (χ1n) is 6.12. The molecule has 7 nitrogen and oxygen atoms in total. The van der Waals surface area contributed by atoms with Crippen molar-refractivity contribution in [2.75, 3.05) is 37.7 Å². The molecule has 0 aromatic carbocycles. The first-order valence-corrected chi connectivity index (χ1v) is 6.89. The molecule has 1 aromatic heterocycles. The molecule has 0 saturated carbocycles. The average Bonchev–Trinajstić information content (AvgIpc) is 3.04. The van der Waals surface area contributed by atoms with Crippen LogP contribution in [0.2, 0.25) is 0 Å². The van der Waals surface area contributed by atoms with Crippen LogP contribution in [0.25, 0.3) is 0 Å². The number of nitrogens with two attached hydrogens (primary N) is 1. The Kier molecular flexibility index (Phi) is 4.20. The van der Waals surface area contributed by atoms with Crippen LogP contribution in [0, 0.1) is 0 Å². The van der Waals surface area contributed by atoms with Gasteiger partial charge in [0.25, 0.3) is 5.91 Å². The molecule has 19 heavy (non-hydrogen) atoms. The first-order chi connectivity index (χ1) is 9.13. The minimum atomic E-state index is -0.303. The van der Waals surface area contributed by atoms with Crippen LogP contribution in [0.1, 0.15) is 23.2 Å². The van der Waals surface area contributed by atoms with Gasteiger partial charge in [0, 0.05) is 20.1 Å². The fraction of sp³-hybridized carbons (Fsp3) is 0.545. The molecular formula is C11H17N5O2S. The Morgan fingerprint density at radius 3 is 2.74 bits per heavy atom. The highest BCUT2D eigenvalue weighted by atomic mass is 32.1. The number of rotatable bonds is 4. The SMILES string of the molecule is CNC(=O)c1c(N)nsc1NCC(=O)N1CCCC1. The summed E-state index contributed by atoms with van der Waals surface area (Å²) < 4.78 is 3.93. The smallest absolute Gasteiger partial charge is 0.257 e. The van der Waals surface area contributed by atoms with Crippen molar-refractivity contribution in [3.8, 4) is 0 Å². The van der Waals surface area contributed by atoms with Crippen molar-refractivity contribution in [1.29, 1.82) is 0 Å². The zero-order chi connectivity index (χ0) is 13.8. The van der Waals surface area contributed by atoms with Gasteiger partial charge < -0.3 is 21.3 Å². The van der Waals surface area contributed by atoms with E-state index in [-0.39, 0.29) is 24.2 Å². The van der Waals surface area contributed by atoms with E-state index in [9.17, 15) is 9.59 Å². The van der Waals surface area contributed by atoms with Crippen molar-refractivity contribution in [3.63, 3.8) is 0 Å². The summed E-state index contributed by atoms with van der Waals surface area (Å²) in [5.41, 5.74) is 5.96. The van der Waals surface area contributed by atoms with Gasteiger partial charge in [-0.1, -0.05) is 0 Å². The molecular weight excluding hydrogens is 266 g/mol. The van der Waals surface area contributed by atoms with E-state index in [2.05, 4.69) is 15.0 Å². The quantitative estimate of drug-likeness (QED) is 0.728. The van der Waals surface area contributed by atoms with Crippen molar-refractivity contribution in [3.05, 3.63) is 5.56 Å². The highest BCUT2D eigenvalue weighted by Gasteiger charge is 2.21. The van der Waals surface area contributed by atoms with Gasteiger partial charge in [0.05, 0.1) is 6.54 Å². The van der Waals surface area contributed by atoms with Crippen molar-refractivity contribution in [1.82, 2.24) is 14.6 Å². The van der Waals surface area contributed by atoms with Crippen LogP contribution in [0.3, 0.4) is 0 Å². The number of aromatic nitrogens is 1. The Morgan fingerprint density at radius 1 is 1.42 bits per heavy atom. The van der Waals surface area contributed by atoms with Crippen LogP contribution < -0.4 is 16.4 Å². The number of amides is 2. The number of anilines is 2. The van der Waals surface area contributed by atoms with Crippen molar-refractivity contribution in [2.45, 2.75) is 12.8 Å². The predicted octanol–water partition coefficient (Wildman–Crippen LogP) is 0.119. The van der Waals surface area contributed by atoms with E-state index in [0.29, 0.717) is 10.6 Å². The van der Waals surface area contributed by atoms with E-state index in [4.69, 9.17) is 5.73 Å². The number of nitrogen functional groups attached to an aromatic ring is 1. The Balaban J connectivity index is 1.99. The highest BCUT2D eigenvalue weighted by Crippen LogP contribution is 2.26. The second kappa shape index (κ2) is 5.87. The number of carbonyl (C=O) groups excluding carboxylic acids is 2. The number of carbonyl (C=O) groups is 2. The summed E-state index contributed by atoms with van der Waals surface area (Å²) in [6.07, 6.45) is 2.12. The standard InChI is InChI=1S/C11H17N5O2S/c1-13-10(18)8-9(12)15-19-11(8)14-6-7(17)16-4-2-3-5-16/h14H,2-6H2,1H3,(H2,12,15)(H,13,18). The zero-order valence-electron chi connectivity index (χ0n) is 10.7. The molecule has 1 fully saturated rings. The van der Waals surface area contributed by atoms with Crippen LogP contribution in [-0.4, -0.2) is 47.8 Å². The topological polar surface area (TPSA) is 100 Å². The number of likely N-dealkylation sites (tertiary alicyclic amines) is 1. The van der Waals surface area contributed by atoms with Gasteiger partial charge >= 0.3 is 0 Å². The van der Waals surface area contributed by atoms with Gasteiger partial charge in [-0.2, -0.15) is 4.37 Å². The molecule has 1 saturated heterocycles. The molecule has 0 unspecified atom stereocenters. The molecule has 0 radical (unpaired) electrons. The second-order valence-corrected chi connectivity index (χ2v) is 5.07. The maximum Gasteiger partial charge on any atom is 0.257 e. The molecule has 1 aliphatic rings. The van der Waals surface area contributed by atoms with E-state index in [0.717, 1.165) is 37.5 Å². The molecule has 2 rings (SSSR count). The van der Waals surface area contributed by atoms with Gasteiger partial charge in [0.15, 0.2) is 5.82 Å². The predicted molar refractivity (Wildman–Crippen MR) is 74.2 cm³/mol. The number of nitrogens with one attached hydrogen (secondary N) is 2. The van der Waals surface area contributed by atoms with Gasteiger partial charge in [-0.25, -0.2) is 0 Å². The molecule has 1 aromatic rings. The Bertz CT molecular complexity index is 481. The van der Waals surface area contributed by atoms with Gasteiger partial charge in [-0.15, -0.1) is 0 Å². The van der Waals surface area contributed by atoms with Crippen LogP contribution in [0.5, 0.6) is 0 Å². The van der Waals surface area contributed by atoms with E-state index in [1.807, 2.05) is 4.90 Å². The molecule has 2 amide bonds. The van der Waals surface area contributed by atoms with Gasteiger partial charge in [0.1, 0.15) is 10.6 Å². The van der Waals surface area contributed by atoms with Crippen LogP contribution in [0.15, 0.2) is 0 Å². The van der Waals surface area contributed by atoms with Crippen molar-refractivity contribution < 1.29 is 9.59 Å². The normalized spacial score (nSPS) is 14.5. The third-order valence-corrected chi connectivity index (χ3v) is 3.85. The lowest BCUT2D eigenvalue weighted by Gasteiger charge is -2.15. The number of hydrogen-bond acceptors (Lipinski definition) is 6. The maximum atomic E-state index is 11.9. The lowest BCUT2D eigenvalue weighted by atomic mass is 10.3. The van der Waals surface area contributed by atoms with E-state index >= 15 is 0 Å². The molecule has 2 heterocycles. The van der Waals surface area contributed by atoms with Crippen molar-refractivity contribution in [2.24, 2.45) is 0 Å². The van der Waals surface area contributed by atoms with Gasteiger partial charge in [-0.3, -0.25) is 9.59 Å². The minimum absolute atomic E-state index is 0.0346. The Labute approximate surface area is 115 Å². The highest BCUT2D eigenvalue weighted by molar-refractivity contribution is 7.11. The molecule has 1 aliphatic heterocycles. The minimum Gasteiger partial charge on any atom is -0.382 e. The van der Waals surface area contributed by atoms with Crippen molar-refractivity contribution >= 4 is 34.2 Å². The molecule has 8 heteroatoms. The van der Waals surface area contributed by atoms with E-state index in [1.54, 1.807) is 0 Å². The summed E-state index contributed by atoms with van der Waals surface area (Å²) in [4.78, 5) is 25.4. The number of hydrogen-bond donors (Lipinski definition) is 3. The summed E-state index contributed by atoms with van der Waals surface area (Å²) in [6.45, 7) is 1.78. The van der Waals surface area contributed by atoms with Gasteiger partial charge in [-0.05, 0) is 24.4 Å². The zero-order valence-corrected chi connectivity index (χ0v) is 11.5. The lowest BCUT2D eigenvalue weighted by molar-refractivity contribution is -0.128. The molecule has 4 N–H and O–H groups in total. The van der Waals surface area contributed by atoms with Crippen LogP contribution >= 0.6 is 11.5 Å². The monoisotopic (exact) mass is 283 g/mol. The third kappa shape index (κ3) is 2.95. The molecule has 104 valence electrons. The van der Waals surface area contributed by atoms with Crippen LogP contribution in [0.4, 0.5) is 10.8 Å². The summed E-state index contributed by atoms with van der Waals surface area (Å²) >= 11 is 1.09. The molecule has 0 aliphatic carbocycles. The Hall–Kier alpha value is -1.83. The summed E-state index contributed by atoms with van der Waals surface area (Å²) in [7, 11) is 1.53. The molecule has 0 atom stereocenters. The van der Waals surface area contributed by atoms with E-state index < -0.39 is 0 Å². The van der Waals surface area contributed by atoms with Crippen LogP contribution in [-0.2, 0) is 4.79 Å². The number of nitrogens with zero attached hydrogens (tertiary/aromatic N) is 2. The lowest BCUT2D eigenvalue weighted by Crippen LogP contribution is -2.33. The summed E-state index contributed by atoms with van der Waals surface area (Å²) in [6, 6.07) is 0. The molecule has 0 bridgehead atoms.